The Balaban J connectivity index is 2.44. The number of hydrogen-bond acceptors (Lipinski definition) is 9. The Morgan fingerprint density at radius 3 is 1.11 bits per heavy atom. The third-order valence-electron chi connectivity index (χ3n) is 4.43. The van der Waals surface area contributed by atoms with Crippen molar-refractivity contribution in [2.45, 2.75) is 0 Å². The summed E-state index contributed by atoms with van der Waals surface area (Å²) in [5, 5.41) is 0. The predicted molar refractivity (Wildman–Crippen MR) is 135 cm³/mol. The molecule has 2 rings (SSSR count). The molecule has 0 radical (unpaired) electrons. The summed E-state index contributed by atoms with van der Waals surface area (Å²) in [7, 11) is 0. The molecule has 9 nitrogen and oxygen atoms in total. The molecule has 0 aliphatic rings. The SMILES string of the molecule is C=CCOC(=O)c1ccc(Oc2ccc(C(=O)OCC=C)c(C(=O)OCC=C)c2)cc1C(=O)OCC=C. The van der Waals surface area contributed by atoms with Crippen LogP contribution >= 0.6 is 0 Å². The van der Waals surface area contributed by atoms with E-state index in [1.807, 2.05) is 0 Å². The third-order valence-corrected chi connectivity index (χ3v) is 4.43. The van der Waals surface area contributed by atoms with E-state index in [0.717, 1.165) is 0 Å². The molecule has 2 aromatic carbocycles. The Labute approximate surface area is 214 Å². The van der Waals surface area contributed by atoms with Crippen LogP contribution in [0.5, 0.6) is 11.5 Å². The van der Waals surface area contributed by atoms with Gasteiger partial charge >= 0.3 is 23.9 Å². The van der Waals surface area contributed by atoms with Crippen LogP contribution < -0.4 is 4.74 Å². The van der Waals surface area contributed by atoms with Gasteiger partial charge in [-0.3, -0.25) is 0 Å². The maximum absolute atomic E-state index is 12.6. The highest BCUT2D eigenvalue weighted by atomic mass is 16.5. The normalized spacial score (nSPS) is 9.84. The van der Waals surface area contributed by atoms with Gasteiger partial charge in [-0.15, -0.1) is 0 Å². The molecule has 0 aliphatic heterocycles. The molecular formula is C28H26O9. The Bertz CT molecular complexity index is 1120. The van der Waals surface area contributed by atoms with E-state index >= 15 is 0 Å². The lowest BCUT2D eigenvalue weighted by molar-refractivity contribution is 0.0502. The van der Waals surface area contributed by atoms with Crippen molar-refractivity contribution in [2.75, 3.05) is 26.4 Å². The molecule has 0 amide bonds. The van der Waals surface area contributed by atoms with Gasteiger partial charge < -0.3 is 23.7 Å². The van der Waals surface area contributed by atoms with Crippen molar-refractivity contribution in [1.82, 2.24) is 0 Å². The van der Waals surface area contributed by atoms with E-state index in [-0.39, 0.29) is 60.2 Å². The molecule has 37 heavy (non-hydrogen) atoms. The second-order valence-electron chi connectivity index (χ2n) is 7.07. The van der Waals surface area contributed by atoms with Gasteiger partial charge in [-0.2, -0.15) is 0 Å². The first-order valence-electron chi connectivity index (χ1n) is 10.9. The van der Waals surface area contributed by atoms with Gasteiger partial charge in [-0.05, 0) is 36.4 Å². The number of ether oxygens (including phenoxy) is 5. The molecule has 0 aliphatic carbocycles. The number of carbonyl (C=O) groups is 4. The number of hydrogen-bond donors (Lipinski definition) is 0. The van der Waals surface area contributed by atoms with E-state index < -0.39 is 23.9 Å². The van der Waals surface area contributed by atoms with Gasteiger partial charge in [0.05, 0.1) is 22.3 Å². The zero-order chi connectivity index (χ0) is 27.2. The molecule has 0 saturated heterocycles. The fraction of sp³-hybridized carbons (Fsp3) is 0.143. The fourth-order valence-electron chi connectivity index (χ4n) is 2.85. The van der Waals surface area contributed by atoms with E-state index in [1.54, 1.807) is 0 Å². The monoisotopic (exact) mass is 506 g/mol. The van der Waals surface area contributed by atoms with Crippen molar-refractivity contribution in [2.24, 2.45) is 0 Å². The van der Waals surface area contributed by atoms with Crippen LogP contribution in [0.15, 0.2) is 87.0 Å². The fourth-order valence-corrected chi connectivity index (χ4v) is 2.85. The maximum atomic E-state index is 12.6. The first kappa shape index (κ1) is 28.3. The van der Waals surface area contributed by atoms with Crippen molar-refractivity contribution < 1.29 is 42.9 Å². The molecule has 0 bridgehead atoms. The molecule has 0 spiro atoms. The second kappa shape index (κ2) is 14.5. The Morgan fingerprint density at radius 1 is 0.514 bits per heavy atom. The van der Waals surface area contributed by atoms with Gasteiger partial charge in [0.15, 0.2) is 0 Å². The molecule has 9 heteroatoms. The lowest BCUT2D eigenvalue weighted by Gasteiger charge is -2.13. The topological polar surface area (TPSA) is 114 Å². The minimum atomic E-state index is -0.801. The first-order valence-corrected chi connectivity index (χ1v) is 10.9. The molecule has 2 aromatic rings. The minimum absolute atomic E-state index is 0.0442. The van der Waals surface area contributed by atoms with Crippen LogP contribution in [0.1, 0.15) is 41.4 Å². The van der Waals surface area contributed by atoms with Crippen molar-refractivity contribution in [3.8, 4) is 11.5 Å². The van der Waals surface area contributed by atoms with Crippen LogP contribution in [-0.4, -0.2) is 50.3 Å². The number of benzene rings is 2. The van der Waals surface area contributed by atoms with E-state index in [4.69, 9.17) is 23.7 Å². The van der Waals surface area contributed by atoms with Gasteiger partial charge in [0, 0.05) is 0 Å². The van der Waals surface area contributed by atoms with E-state index in [2.05, 4.69) is 26.3 Å². The largest absolute Gasteiger partial charge is 0.458 e. The second-order valence-corrected chi connectivity index (χ2v) is 7.07. The molecule has 0 heterocycles. The van der Waals surface area contributed by atoms with Crippen LogP contribution in [0.3, 0.4) is 0 Å². The van der Waals surface area contributed by atoms with Gasteiger partial charge in [0.1, 0.15) is 37.9 Å². The highest BCUT2D eigenvalue weighted by molar-refractivity contribution is 6.04. The zero-order valence-corrected chi connectivity index (χ0v) is 20.1. The molecule has 0 unspecified atom stereocenters. The summed E-state index contributed by atoms with van der Waals surface area (Å²) < 4.78 is 26.0. The highest BCUT2D eigenvalue weighted by Gasteiger charge is 2.23. The predicted octanol–water partition coefficient (Wildman–Crippen LogP) is 4.85. The van der Waals surface area contributed by atoms with Crippen LogP contribution in [0.4, 0.5) is 0 Å². The lowest BCUT2D eigenvalue weighted by atomic mass is 10.1. The van der Waals surface area contributed by atoms with Crippen LogP contribution in [0.25, 0.3) is 0 Å². The summed E-state index contributed by atoms with van der Waals surface area (Å²) in [4.78, 5) is 50.0. The Hall–Kier alpha value is -4.92. The van der Waals surface area contributed by atoms with Gasteiger partial charge in [-0.25, -0.2) is 19.2 Å². The summed E-state index contributed by atoms with van der Waals surface area (Å²) in [5.41, 5.74) is -0.304. The summed E-state index contributed by atoms with van der Waals surface area (Å²) in [5.74, 6) is -2.84. The molecule has 0 saturated carbocycles. The van der Waals surface area contributed by atoms with Crippen molar-refractivity contribution in [3.63, 3.8) is 0 Å². The van der Waals surface area contributed by atoms with Crippen LogP contribution in [0, 0.1) is 0 Å². The Morgan fingerprint density at radius 2 is 0.811 bits per heavy atom. The summed E-state index contributed by atoms with van der Waals surface area (Å²) >= 11 is 0. The molecular weight excluding hydrogens is 480 g/mol. The molecule has 0 atom stereocenters. The average Bonchev–Trinajstić information content (AvgIpc) is 2.91. The number of carbonyl (C=O) groups excluding carboxylic acids is 4. The van der Waals surface area contributed by atoms with Gasteiger partial charge in [0.25, 0.3) is 0 Å². The van der Waals surface area contributed by atoms with E-state index in [1.165, 1.54) is 60.7 Å². The average molecular weight is 507 g/mol. The minimum Gasteiger partial charge on any atom is -0.458 e. The van der Waals surface area contributed by atoms with Crippen LogP contribution in [-0.2, 0) is 18.9 Å². The third kappa shape index (κ3) is 8.07. The summed E-state index contributed by atoms with van der Waals surface area (Å²) in [6.45, 7) is 13.7. The van der Waals surface area contributed by atoms with Crippen LogP contribution in [0.2, 0.25) is 0 Å². The maximum Gasteiger partial charge on any atom is 0.339 e. The molecule has 0 fully saturated rings. The zero-order valence-electron chi connectivity index (χ0n) is 20.1. The standard InChI is InChI=1S/C28H26O9/c1-5-13-33-25(29)21-11-9-19(17-23(21)27(31)35-15-7-3)37-20-10-12-22(26(30)34-14-6-2)24(18-20)28(32)36-16-8-4/h5-12,17-18H,1-4,13-16H2. The van der Waals surface area contributed by atoms with Crippen molar-refractivity contribution >= 4 is 23.9 Å². The van der Waals surface area contributed by atoms with Gasteiger partial charge in [-0.1, -0.05) is 50.6 Å². The number of esters is 4. The lowest BCUT2D eigenvalue weighted by Crippen LogP contribution is -2.15. The van der Waals surface area contributed by atoms with E-state index in [0.29, 0.717) is 0 Å². The first-order chi connectivity index (χ1) is 17.9. The summed E-state index contributed by atoms with van der Waals surface area (Å²) in [6.07, 6.45) is 5.53. The smallest absolute Gasteiger partial charge is 0.339 e. The molecule has 0 aromatic heterocycles. The van der Waals surface area contributed by atoms with E-state index in [9.17, 15) is 19.2 Å². The Kier molecular flexibility index (Phi) is 11.1. The molecule has 0 N–H and O–H groups in total. The van der Waals surface area contributed by atoms with Crippen molar-refractivity contribution in [3.05, 3.63) is 109 Å². The quantitative estimate of drug-likeness (QED) is 0.201. The van der Waals surface area contributed by atoms with Gasteiger partial charge in [0.2, 0.25) is 0 Å². The number of rotatable bonds is 14. The molecule has 192 valence electrons. The summed E-state index contributed by atoms with van der Waals surface area (Å²) in [6, 6.07) is 8.11. The highest BCUT2D eigenvalue weighted by Crippen LogP contribution is 2.28. The van der Waals surface area contributed by atoms with Crippen molar-refractivity contribution in [1.29, 1.82) is 0 Å².